The van der Waals surface area contributed by atoms with Crippen LogP contribution in [0.3, 0.4) is 0 Å². The highest BCUT2D eigenvalue weighted by Gasteiger charge is 2.68. The standard InChI is InChI=1S/C58H66BClFN4O14PS/c1-56(2,3)77-53(67)47-41(61)25-22-38(50(47)73-8)30-46(59-78-45-32-39-31-44(57(39,4)5)58(45,6)79-59)62-52(66)49(63-54(68)64-28-29-65(55(64)69)81(70,71)43-27-26-42(72-7)51(74-9)48(43)60)37-20-23-40(24-21-37)80(75-33-35-16-12-10-13-17-35)76-34-36-18-14-11-15-19-36/h10-27,39,44-46,49H,28-34H2,1-9H3,(H,62,66)(H,63,68)/t39?,44?,45?,46?,49?,58-/m1/s1. The van der Waals surface area contributed by atoms with E-state index in [0.717, 1.165) is 29.7 Å². The molecule has 5 fully saturated rings. The van der Waals surface area contributed by atoms with E-state index in [1.165, 1.54) is 33.5 Å². The zero-order valence-electron chi connectivity index (χ0n) is 46.5. The van der Waals surface area contributed by atoms with Crippen molar-refractivity contribution in [2.45, 2.75) is 108 Å². The van der Waals surface area contributed by atoms with Gasteiger partial charge in [-0.2, -0.15) is 0 Å². The van der Waals surface area contributed by atoms with Crippen LogP contribution in [0.15, 0.2) is 114 Å². The van der Waals surface area contributed by atoms with Crippen LogP contribution in [0.4, 0.5) is 14.0 Å². The Balaban J connectivity index is 1.06. The number of halogens is 2. The van der Waals surface area contributed by atoms with Crippen LogP contribution < -0.4 is 30.1 Å². The number of urea groups is 2. The summed E-state index contributed by atoms with van der Waals surface area (Å²) in [6.45, 7) is 11.0. The molecule has 2 bridgehead atoms. The average molecular weight is 1170 g/mol. The van der Waals surface area contributed by atoms with Gasteiger partial charge in [0.25, 0.3) is 10.0 Å². The van der Waals surface area contributed by atoms with Crippen LogP contribution >= 0.6 is 20.0 Å². The Labute approximate surface area is 478 Å². The predicted molar refractivity (Wildman–Crippen MR) is 301 cm³/mol. The first-order valence-electron chi connectivity index (χ1n) is 26.5. The lowest BCUT2D eigenvalue weighted by Crippen LogP contribution is -2.65. The molecular formula is C58H66BClFN4O14PS. The summed E-state index contributed by atoms with van der Waals surface area (Å²) in [6, 6.07) is 27.0. The molecule has 23 heteroatoms. The number of benzene rings is 5. The van der Waals surface area contributed by atoms with Crippen molar-refractivity contribution < 1.29 is 69.3 Å². The first-order valence-corrected chi connectivity index (χ1v) is 29.5. The number of nitrogens with zero attached hydrogens (tertiary/aromatic N) is 2. The number of sulfonamides is 1. The highest BCUT2D eigenvalue weighted by molar-refractivity contribution is 7.89. The van der Waals surface area contributed by atoms with Crippen LogP contribution in [0.25, 0.3) is 0 Å². The fourth-order valence-electron chi connectivity index (χ4n) is 11.3. The van der Waals surface area contributed by atoms with Crippen LogP contribution in [0.5, 0.6) is 17.2 Å². The summed E-state index contributed by atoms with van der Waals surface area (Å²) in [7, 11) is -3.64. The number of hydrogen-bond acceptors (Lipinski definition) is 14. The molecule has 0 radical (unpaired) electrons. The van der Waals surface area contributed by atoms with E-state index < -0.39 is 102 Å². The van der Waals surface area contributed by atoms with Crippen molar-refractivity contribution in [3.8, 4) is 17.2 Å². The minimum atomic E-state index is -4.70. The van der Waals surface area contributed by atoms with Crippen molar-refractivity contribution >= 4 is 66.4 Å². The van der Waals surface area contributed by atoms with Gasteiger partial charge in [-0.05, 0) is 117 Å². The third kappa shape index (κ3) is 12.1. The van der Waals surface area contributed by atoms with E-state index in [9.17, 15) is 22.8 Å². The summed E-state index contributed by atoms with van der Waals surface area (Å²) in [4.78, 5) is 58.1. The second-order valence-corrected chi connectivity index (χ2v) is 25.9. The molecule has 0 spiro atoms. The largest absolute Gasteiger partial charge is 0.495 e. The molecule has 81 heavy (non-hydrogen) atoms. The van der Waals surface area contributed by atoms with E-state index in [4.69, 9.17) is 48.9 Å². The quantitative estimate of drug-likeness (QED) is 0.0423. The monoisotopic (exact) mass is 1170 g/mol. The van der Waals surface area contributed by atoms with Crippen LogP contribution in [-0.4, -0.2) is 106 Å². The summed E-state index contributed by atoms with van der Waals surface area (Å²) in [5.41, 5.74) is 0.108. The van der Waals surface area contributed by atoms with E-state index >= 15 is 9.18 Å². The van der Waals surface area contributed by atoms with Gasteiger partial charge in [-0.1, -0.05) is 104 Å². The maximum Gasteiger partial charge on any atom is 0.482 e. The third-order valence-electron chi connectivity index (χ3n) is 15.6. The summed E-state index contributed by atoms with van der Waals surface area (Å²) in [6.07, 6.45) is 1.13. The molecule has 2 aliphatic heterocycles. The Morgan fingerprint density at radius 3 is 2.04 bits per heavy atom. The number of carbonyl (C=O) groups is 4. The number of carbonyl (C=O) groups excluding carboxylic acids is 4. The molecule has 5 unspecified atom stereocenters. The lowest BCUT2D eigenvalue weighted by atomic mass is 9.43. The fraction of sp³-hybridized carbons (Fsp3) is 0.414. The Morgan fingerprint density at radius 1 is 0.827 bits per heavy atom. The molecule has 2 heterocycles. The molecule has 430 valence electrons. The molecule has 2 saturated heterocycles. The summed E-state index contributed by atoms with van der Waals surface area (Å²) >= 11 is 6.53. The highest BCUT2D eigenvalue weighted by Crippen LogP contribution is 2.66. The first-order chi connectivity index (χ1) is 38.5. The highest BCUT2D eigenvalue weighted by atomic mass is 35.5. The number of imide groups is 1. The van der Waals surface area contributed by atoms with Crippen molar-refractivity contribution in [1.29, 1.82) is 0 Å². The lowest BCUT2D eigenvalue weighted by molar-refractivity contribution is -0.199. The number of hydrogen-bond donors (Lipinski definition) is 2. The van der Waals surface area contributed by atoms with Gasteiger partial charge in [0.2, 0.25) is 14.3 Å². The summed E-state index contributed by atoms with van der Waals surface area (Å²) in [5, 5.41) is 6.08. The molecule has 5 aromatic rings. The van der Waals surface area contributed by atoms with Crippen molar-refractivity contribution in [1.82, 2.24) is 19.8 Å². The Hall–Kier alpha value is -6.32. The summed E-state index contributed by atoms with van der Waals surface area (Å²) in [5.74, 6) is -3.34. The Morgan fingerprint density at radius 2 is 1.46 bits per heavy atom. The van der Waals surface area contributed by atoms with E-state index in [1.807, 2.05) is 67.6 Å². The van der Waals surface area contributed by atoms with Gasteiger partial charge < -0.3 is 47.9 Å². The van der Waals surface area contributed by atoms with Crippen LogP contribution in [-0.2, 0) is 57.5 Å². The van der Waals surface area contributed by atoms with Crippen LogP contribution in [0.2, 0.25) is 5.02 Å². The van der Waals surface area contributed by atoms with Crippen molar-refractivity contribution in [2.24, 2.45) is 17.3 Å². The van der Waals surface area contributed by atoms with E-state index in [0.29, 0.717) is 32.4 Å². The van der Waals surface area contributed by atoms with Gasteiger partial charge in [0, 0.05) is 5.30 Å². The van der Waals surface area contributed by atoms with Gasteiger partial charge in [-0.25, -0.2) is 36.4 Å². The summed E-state index contributed by atoms with van der Waals surface area (Å²) < 4.78 is 93.1. The van der Waals surface area contributed by atoms with Gasteiger partial charge in [-0.15, -0.1) is 0 Å². The van der Waals surface area contributed by atoms with Gasteiger partial charge in [-0.3, -0.25) is 4.79 Å². The Bertz CT molecular complexity index is 3230. The Kier molecular flexibility index (Phi) is 17.5. The minimum absolute atomic E-state index is 0.0541. The molecule has 3 saturated carbocycles. The maximum absolute atomic E-state index is 15.8. The number of methoxy groups -OCH3 is 3. The normalized spacial score (nSPS) is 21.0. The number of amides is 5. The molecule has 2 N–H and O–H groups in total. The van der Waals surface area contributed by atoms with E-state index in [1.54, 1.807) is 45.0 Å². The van der Waals surface area contributed by atoms with Crippen molar-refractivity contribution in [3.05, 3.63) is 148 Å². The first kappa shape index (κ1) is 59.3. The molecule has 5 aromatic carbocycles. The van der Waals surface area contributed by atoms with Crippen LogP contribution in [0.1, 0.15) is 93.0 Å². The maximum atomic E-state index is 15.8. The van der Waals surface area contributed by atoms with Gasteiger partial charge in [0.1, 0.15) is 38.7 Å². The molecule has 0 aromatic heterocycles. The number of ether oxygens (including phenoxy) is 4. The van der Waals surface area contributed by atoms with Gasteiger partial charge in [0.05, 0.1) is 65.3 Å². The topological polar surface area (TPSA) is 207 Å². The molecule has 18 nitrogen and oxygen atoms in total. The molecule has 5 aliphatic rings. The second kappa shape index (κ2) is 23.9. The fourth-order valence-corrected chi connectivity index (χ4v) is 14.6. The zero-order chi connectivity index (χ0) is 58.2. The average Bonchev–Trinajstić information content (AvgIpc) is 2.86. The van der Waals surface area contributed by atoms with E-state index in [-0.39, 0.29) is 64.9 Å². The third-order valence-corrected chi connectivity index (χ3v) is 19.4. The molecule has 6 atom stereocenters. The smallest absolute Gasteiger partial charge is 0.482 e. The van der Waals surface area contributed by atoms with Crippen LogP contribution in [0, 0.1) is 23.1 Å². The number of nitrogens with one attached hydrogen (secondary N) is 2. The molecule has 5 amide bonds. The van der Waals surface area contributed by atoms with Gasteiger partial charge >= 0.3 is 25.1 Å². The van der Waals surface area contributed by atoms with Crippen molar-refractivity contribution in [3.63, 3.8) is 0 Å². The predicted octanol–water partition coefficient (Wildman–Crippen LogP) is 9.70. The molecule has 3 aliphatic carbocycles. The number of rotatable bonds is 20. The second-order valence-electron chi connectivity index (χ2n) is 22.1. The van der Waals surface area contributed by atoms with Gasteiger partial charge in [0.15, 0.2) is 11.5 Å². The zero-order valence-corrected chi connectivity index (χ0v) is 49.0. The number of esters is 1. The van der Waals surface area contributed by atoms with E-state index in [2.05, 4.69) is 24.5 Å². The lowest BCUT2D eigenvalue weighted by Gasteiger charge is -2.64. The van der Waals surface area contributed by atoms with Crippen molar-refractivity contribution in [2.75, 3.05) is 34.4 Å². The molecular weight excluding hydrogens is 1100 g/mol. The SMILES string of the molecule is COc1ccc(S(=O)(=O)N2CCN(C(=O)NC(C(=O)NC(Cc3ccc(F)c(C(=O)OC(C)(C)C)c3OC)B3OC4CC5CC(C5(C)C)[C@@]4(C)O3)c3ccc(P(OCc4ccccc4)OCc4ccccc4)cc3)C2=O)c(Cl)c1OC. The molecule has 10 rings (SSSR count). The minimum Gasteiger partial charge on any atom is -0.495 e.